The van der Waals surface area contributed by atoms with E-state index in [9.17, 15) is 4.79 Å². The fourth-order valence-electron chi connectivity index (χ4n) is 2.67. The summed E-state index contributed by atoms with van der Waals surface area (Å²) in [5, 5.41) is 7.40. The molecule has 2 aromatic carbocycles. The molecule has 6 heteroatoms. The summed E-state index contributed by atoms with van der Waals surface area (Å²) in [5.74, 6) is 0.804. The minimum Gasteiger partial charge on any atom is -0.357 e. The quantitative estimate of drug-likeness (QED) is 0.403. The van der Waals surface area contributed by atoms with E-state index in [4.69, 9.17) is 11.6 Å². The molecule has 0 aliphatic rings. The third-order valence-corrected chi connectivity index (χ3v) is 4.47. The number of nitrogens with zero attached hydrogens (tertiary/aromatic N) is 2. The third kappa shape index (κ3) is 7.24. The van der Waals surface area contributed by atoms with Gasteiger partial charge in [-0.3, -0.25) is 4.79 Å². The second-order valence-electron chi connectivity index (χ2n) is 6.75. The van der Waals surface area contributed by atoms with Crippen molar-refractivity contribution in [1.82, 2.24) is 15.5 Å². The van der Waals surface area contributed by atoms with Crippen LogP contribution in [0, 0.1) is 0 Å². The van der Waals surface area contributed by atoms with Gasteiger partial charge in [-0.15, -0.1) is 0 Å². The van der Waals surface area contributed by atoms with Gasteiger partial charge in [0.25, 0.3) is 5.91 Å². The summed E-state index contributed by atoms with van der Waals surface area (Å²) in [6.45, 7) is 4.25. The molecule has 0 unspecified atom stereocenters. The van der Waals surface area contributed by atoms with E-state index < -0.39 is 0 Å². The van der Waals surface area contributed by atoms with Gasteiger partial charge in [0, 0.05) is 37.8 Å². The standard InChI is InChI=1S/C22H29ClN4O/c1-4-24-22(25-15-5-6-17-9-13-20(23)14-10-17)26-16-18-7-11-19(12-8-18)21(28)27(2)3/h7-14H,4-6,15-16H2,1-3H3,(H2,24,25,26). The van der Waals surface area contributed by atoms with Crippen molar-refractivity contribution in [2.45, 2.75) is 26.3 Å². The van der Waals surface area contributed by atoms with Crippen LogP contribution in [0.25, 0.3) is 0 Å². The fourth-order valence-corrected chi connectivity index (χ4v) is 2.80. The number of halogens is 1. The lowest BCUT2D eigenvalue weighted by atomic mass is 10.1. The van der Waals surface area contributed by atoms with Crippen LogP contribution in [0.15, 0.2) is 53.5 Å². The maximum Gasteiger partial charge on any atom is 0.253 e. The van der Waals surface area contributed by atoms with E-state index in [1.54, 1.807) is 19.0 Å². The Labute approximate surface area is 172 Å². The Kier molecular flexibility index (Phi) is 8.82. The highest BCUT2D eigenvalue weighted by molar-refractivity contribution is 6.30. The van der Waals surface area contributed by atoms with Gasteiger partial charge in [0.2, 0.25) is 0 Å². The van der Waals surface area contributed by atoms with Crippen LogP contribution >= 0.6 is 11.6 Å². The van der Waals surface area contributed by atoms with Crippen molar-refractivity contribution in [3.8, 4) is 0 Å². The zero-order chi connectivity index (χ0) is 20.4. The Balaban J connectivity index is 1.84. The fraction of sp³-hybridized carbons (Fsp3) is 0.364. The molecule has 0 spiro atoms. The molecule has 150 valence electrons. The molecule has 5 nitrogen and oxygen atoms in total. The molecule has 0 atom stereocenters. The van der Waals surface area contributed by atoms with Crippen molar-refractivity contribution >= 4 is 23.5 Å². The molecule has 0 fully saturated rings. The highest BCUT2D eigenvalue weighted by Crippen LogP contribution is 2.11. The molecule has 0 heterocycles. The van der Waals surface area contributed by atoms with Crippen molar-refractivity contribution in [2.75, 3.05) is 27.2 Å². The number of aryl methyl sites for hydroxylation is 1. The molecule has 2 rings (SSSR count). The van der Waals surface area contributed by atoms with Gasteiger partial charge in [-0.25, -0.2) is 4.99 Å². The summed E-state index contributed by atoms with van der Waals surface area (Å²) >= 11 is 5.92. The minimum atomic E-state index is 0.00532. The van der Waals surface area contributed by atoms with Crippen LogP contribution in [-0.4, -0.2) is 44.0 Å². The summed E-state index contributed by atoms with van der Waals surface area (Å²) in [7, 11) is 3.50. The van der Waals surface area contributed by atoms with Crippen LogP contribution in [0.4, 0.5) is 0 Å². The van der Waals surface area contributed by atoms with Gasteiger partial charge < -0.3 is 15.5 Å². The van der Waals surface area contributed by atoms with Gasteiger partial charge in [0.05, 0.1) is 6.54 Å². The van der Waals surface area contributed by atoms with Crippen LogP contribution in [0.3, 0.4) is 0 Å². The SMILES string of the molecule is CCNC(=NCc1ccc(C(=O)N(C)C)cc1)NCCCc1ccc(Cl)cc1. The number of aliphatic imine (C=N–C) groups is 1. The zero-order valence-electron chi connectivity index (χ0n) is 16.8. The number of carbonyl (C=O) groups excluding carboxylic acids is 1. The zero-order valence-corrected chi connectivity index (χ0v) is 17.6. The first-order valence-electron chi connectivity index (χ1n) is 9.57. The molecular formula is C22H29ClN4O. The largest absolute Gasteiger partial charge is 0.357 e. The van der Waals surface area contributed by atoms with Gasteiger partial charge in [-0.1, -0.05) is 35.9 Å². The molecule has 0 aliphatic heterocycles. The van der Waals surface area contributed by atoms with Gasteiger partial charge in [-0.2, -0.15) is 0 Å². The molecule has 0 bridgehead atoms. The monoisotopic (exact) mass is 400 g/mol. The van der Waals surface area contributed by atoms with Gasteiger partial charge in [-0.05, 0) is 55.2 Å². The predicted octanol–water partition coefficient (Wildman–Crippen LogP) is 3.73. The molecule has 0 saturated carbocycles. The Morgan fingerprint density at radius 2 is 1.64 bits per heavy atom. The lowest BCUT2D eigenvalue weighted by Gasteiger charge is -2.12. The van der Waals surface area contributed by atoms with Crippen molar-refractivity contribution in [3.63, 3.8) is 0 Å². The maximum absolute atomic E-state index is 11.9. The Hall–Kier alpha value is -2.53. The molecule has 0 aliphatic carbocycles. The lowest BCUT2D eigenvalue weighted by Crippen LogP contribution is -2.37. The summed E-state index contributed by atoms with van der Waals surface area (Å²) in [5.41, 5.74) is 3.03. The van der Waals surface area contributed by atoms with Crippen LogP contribution < -0.4 is 10.6 Å². The van der Waals surface area contributed by atoms with E-state index in [1.165, 1.54) is 5.56 Å². The van der Waals surface area contributed by atoms with E-state index in [1.807, 2.05) is 43.3 Å². The van der Waals surface area contributed by atoms with E-state index in [0.717, 1.165) is 42.5 Å². The number of hydrogen-bond acceptors (Lipinski definition) is 2. The number of rotatable bonds is 8. The Morgan fingerprint density at radius 1 is 1.00 bits per heavy atom. The summed E-state index contributed by atoms with van der Waals surface area (Å²) in [4.78, 5) is 18.1. The van der Waals surface area contributed by atoms with Crippen molar-refractivity contribution in [2.24, 2.45) is 4.99 Å². The second-order valence-corrected chi connectivity index (χ2v) is 7.18. The molecule has 1 amide bonds. The van der Waals surface area contributed by atoms with E-state index in [0.29, 0.717) is 12.1 Å². The number of hydrogen-bond donors (Lipinski definition) is 2. The van der Waals surface area contributed by atoms with Gasteiger partial charge in [0.15, 0.2) is 5.96 Å². The summed E-state index contributed by atoms with van der Waals surface area (Å²) < 4.78 is 0. The number of nitrogens with one attached hydrogen (secondary N) is 2. The third-order valence-electron chi connectivity index (χ3n) is 4.22. The average molecular weight is 401 g/mol. The van der Waals surface area contributed by atoms with E-state index in [-0.39, 0.29) is 5.91 Å². The van der Waals surface area contributed by atoms with Gasteiger partial charge in [0.1, 0.15) is 0 Å². The normalized spacial score (nSPS) is 11.2. The number of amides is 1. The highest BCUT2D eigenvalue weighted by Gasteiger charge is 2.07. The topological polar surface area (TPSA) is 56.7 Å². The molecule has 0 aromatic heterocycles. The maximum atomic E-state index is 11.9. The van der Waals surface area contributed by atoms with Crippen molar-refractivity contribution < 1.29 is 4.79 Å². The number of carbonyl (C=O) groups is 1. The van der Waals surface area contributed by atoms with Gasteiger partial charge >= 0.3 is 0 Å². The van der Waals surface area contributed by atoms with Crippen LogP contribution in [-0.2, 0) is 13.0 Å². The molecule has 2 N–H and O–H groups in total. The molecule has 0 saturated heterocycles. The highest BCUT2D eigenvalue weighted by atomic mass is 35.5. The van der Waals surface area contributed by atoms with Crippen LogP contribution in [0.1, 0.15) is 34.8 Å². The Bertz CT molecular complexity index is 770. The first-order chi connectivity index (χ1) is 13.5. The first-order valence-corrected chi connectivity index (χ1v) is 9.94. The lowest BCUT2D eigenvalue weighted by molar-refractivity contribution is 0.0827. The second kappa shape index (κ2) is 11.3. The van der Waals surface area contributed by atoms with Crippen LogP contribution in [0.5, 0.6) is 0 Å². The molecular weight excluding hydrogens is 372 g/mol. The van der Waals surface area contributed by atoms with E-state index >= 15 is 0 Å². The smallest absolute Gasteiger partial charge is 0.253 e. The summed E-state index contributed by atoms with van der Waals surface area (Å²) in [6.07, 6.45) is 2.00. The molecule has 28 heavy (non-hydrogen) atoms. The number of benzene rings is 2. The van der Waals surface area contributed by atoms with E-state index in [2.05, 4.69) is 27.8 Å². The van der Waals surface area contributed by atoms with Crippen molar-refractivity contribution in [1.29, 1.82) is 0 Å². The van der Waals surface area contributed by atoms with Crippen LogP contribution in [0.2, 0.25) is 5.02 Å². The predicted molar refractivity (Wildman–Crippen MR) is 117 cm³/mol. The Morgan fingerprint density at radius 3 is 2.25 bits per heavy atom. The average Bonchev–Trinajstić information content (AvgIpc) is 2.70. The summed E-state index contributed by atoms with van der Waals surface area (Å²) in [6, 6.07) is 15.6. The minimum absolute atomic E-state index is 0.00532. The van der Waals surface area contributed by atoms with Crippen molar-refractivity contribution in [3.05, 3.63) is 70.2 Å². The number of guanidine groups is 1. The molecule has 2 aromatic rings. The first kappa shape index (κ1) is 21.8. The molecule has 0 radical (unpaired) electrons.